The van der Waals surface area contributed by atoms with Gasteiger partial charge in [0.15, 0.2) is 6.04 Å². The second-order valence-electron chi connectivity index (χ2n) is 5.48. The Morgan fingerprint density at radius 2 is 1.91 bits per heavy atom. The molecule has 1 aliphatic rings. The molecule has 1 heterocycles. The third kappa shape index (κ3) is 5.00. The zero-order chi connectivity index (χ0) is 15.9. The molecule has 0 saturated carbocycles. The fourth-order valence-corrected chi connectivity index (χ4v) is 2.67. The van der Waals surface area contributed by atoms with Crippen molar-refractivity contribution in [2.75, 3.05) is 13.2 Å². The average molecular weight is 326 g/mol. The van der Waals surface area contributed by atoms with Gasteiger partial charge in [-0.1, -0.05) is 23.7 Å². The predicted octanol–water partition coefficient (Wildman–Crippen LogP) is 2.79. The van der Waals surface area contributed by atoms with Gasteiger partial charge < -0.3 is 15.2 Å². The van der Waals surface area contributed by atoms with Crippen LogP contribution in [0.5, 0.6) is 0 Å². The summed E-state index contributed by atoms with van der Waals surface area (Å²) in [5.41, 5.74) is 0.510. The summed E-state index contributed by atoms with van der Waals surface area (Å²) in [6, 6.07) is 5.40. The molecule has 1 fully saturated rings. The molecule has 0 aromatic heterocycles. The van der Waals surface area contributed by atoms with Crippen molar-refractivity contribution in [2.45, 2.75) is 31.7 Å². The molecular formula is C16H20ClNO4. The molecule has 1 unspecified atom stereocenters. The number of carbonyl (C=O) groups is 2. The highest BCUT2D eigenvalue weighted by molar-refractivity contribution is 6.30. The highest BCUT2D eigenvalue weighted by Crippen LogP contribution is 2.21. The van der Waals surface area contributed by atoms with Gasteiger partial charge in [0.1, 0.15) is 0 Å². The zero-order valence-corrected chi connectivity index (χ0v) is 13.0. The van der Waals surface area contributed by atoms with Crippen LogP contribution in [-0.4, -0.2) is 30.2 Å². The molecule has 2 rings (SSSR count). The predicted molar refractivity (Wildman–Crippen MR) is 82.7 cm³/mol. The van der Waals surface area contributed by atoms with Gasteiger partial charge in [-0.25, -0.2) is 4.79 Å². The normalized spacial score (nSPS) is 17.0. The minimum absolute atomic E-state index is 0.242. The van der Waals surface area contributed by atoms with Crippen molar-refractivity contribution in [1.29, 1.82) is 0 Å². The molecule has 2 N–H and O–H groups in total. The number of hydrogen-bond donors (Lipinski definition) is 2. The van der Waals surface area contributed by atoms with Crippen molar-refractivity contribution in [2.24, 2.45) is 5.92 Å². The van der Waals surface area contributed by atoms with E-state index in [0.29, 0.717) is 22.9 Å². The van der Waals surface area contributed by atoms with Crippen molar-refractivity contribution < 1.29 is 19.4 Å². The van der Waals surface area contributed by atoms with Crippen molar-refractivity contribution in [3.05, 3.63) is 34.9 Å². The van der Waals surface area contributed by atoms with E-state index in [-0.39, 0.29) is 5.91 Å². The summed E-state index contributed by atoms with van der Waals surface area (Å²) in [6.45, 7) is 1.49. The van der Waals surface area contributed by atoms with E-state index >= 15 is 0 Å². The van der Waals surface area contributed by atoms with Crippen LogP contribution in [0.3, 0.4) is 0 Å². The number of carbonyl (C=O) groups excluding carboxylic acids is 1. The second-order valence-corrected chi connectivity index (χ2v) is 5.92. The maximum absolute atomic E-state index is 12.0. The van der Waals surface area contributed by atoms with Gasteiger partial charge in [0.2, 0.25) is 5.91 Å². The molecule has 0 bridgehead atoms. The lowest BCUT2D eigenvalue weighted by molar-refractivity contribution is -0.142. The summed E-state index contributed by atoms with van der Waals surface area (Å²) in [4.78, 5) is 23.4. The van der Waals surface area contributed by atoms with Gasteiger partial charge in [0.25, 0.3) is 0 Å². The zero-order valence-electron chi connectivity index (χ0n) is 12.3. The van der Waals surface area contributed by atoms with Gasteiger partial charge in [-0.05, 0) is 42.9 Å². The number of carboxylic acids is 1. The smallest absolute Gasteiger partial charge is 0.330 e. The number of rotatable bonds is 6. The first kappa shape index (κ1) is 16.8. The van der Waals surface area contributed by atoms with Gasteiger partial charge in [-0.15, -0.1) is 0 Å². The van der Waals surface area contributed by atoms with E-state index in [0.717, 1.165) is 32.5 Å². The Morgan fingerprint density at radius 3 is 2.50 bits per heavy atom. The largest absolute Gasteiger partial charge is 0.479 e. The topological polar surface area (TPSA) is 75.6 Å². The number of amides is 1. The maximum Gasteiger partial charge on any atom is 0.330 e. The number of ether oxygens (including phenoxy) is 1. The van der Waals surface area contributed by atoms with Crippen LogP contribution in [0.2, 0.25) is 5.02 Å². The minimum atomic E-state index is -1.08. The van der Waals surface area contributed by atoms with Gasteiger partial charge in [0.05, 0.1) is 0 Å². The lowest BCUT2D eigenvalue weighted by Crippen LogP contribution is -2.34. The molecule has 6 heteroatoms. The average Bonchev–Trinajstić information content (AvgIpc) is 2.52. The van der Waals surface area contributed by atoms with E-state index in [4.69, 9.17) is 16.3 Å². The van der Waals surface area contributed by atoms with E-state index in [1.165, 1.54) is 0 Å². The van der Waals surface area contributed by atoms with Crippen LogP contribution < -0.4 is 5.32 Å². The summed E-state index contributed by atoms with van der Waals surface area (Å²) in [5.74, 6) is -0.839. The first-order valence-corrected chi connectivity index (χ1v) is 7.79. The number of hydrogen-bond acceptors (Lipinski definition) is 3. The lowest BCUT2D eigenvalue weighted by atomic mass is 9.94. The van der Waals surface area contributed by atoms with E-state index in [9.17, 15) is 14.7 Å². The summed E-state index contributed by atoms with van der Waals surface area (Å²) in [7, 11) is 0. The number of nitrogens with one attached hydrogen (secondary N) is 1. The number of carboxylic acid groups (broad SMARTS) is 1. The molecule has 1 atom stereocenters. The Hall–Kier alpha value is -1.59. The minimum Gasteiger partial charge on any atom is -0.479 e. The summed E-state index contributed by atoms with van der Waals surface area (Å²) in [5, 5.41) is 12.4. The lowest BCUT2D eigenvalue weighted by Gasteiger charge is -2.22. The van der Waals surface area contributed by atoms with Crippen LogP contribution in [0.15, 0.2) is 24.3 Å². The first-order chi connectivity index (χ1) is 10.6. The Kier molecular flexibility index (Phi) is 6.21. The third-order valence-electron chi connectivity index (χ3n) is 3.88. The van der Waals surface area contributed by atoms with Gasteiger partial charge in [-0.2, -0.15) is 0 Å². The van der Waals surface area contributed by atoms with Crippen LogP contribution in [-0.2, 0) is 14.3 Å². The monoisotopic (exact) mass is 325 g/mol. The fourth-order valence-electron chi connectivity index (χ4n) is 2.55. The molecule has 5 nitrogen and oxygen atoms in total. The van der Waals surface area contributed by atoms with Crippen molar-refractivity contribution >= 4 is 23.5 Å². The van der Waals surface area contributed by atoms with Crippen LogP contribution in [0, 0.1) is 5.92 Å². The number of benzene rings is 1. The Bertz CT molecular complexity index is 511. The maximum atomic E-state index is 12.0. The number of halogens is 1. The van der Waals surface area contributed by atoms with Crippen molar-refractivity contribution in [1.82, 2.24) is 5.32 Å². The van der Waals surface area contributed by atoms with Crippen molar-refractivity contribution in [3.8, 4) is 0 Å². The molecule has 0 aliphatic carbocycles. The molecule has 0 radical (unpaired) electrons. The van der Waals surface area contributed by atoms with E-state index in [1.807, 2.05) is 0 Å². The molecule has 1 saturated heterocycles. The molecule has 0 spiro atoms. The SMILES string of the molecule is O=C(CCC1CCOCC1)NC(C(=O)O)c1ccc(Cl)cc1. The van der Waals surface area contributed by atoms with Crippen LogP contribution in [0.25, 0.3) is 0 Å². The van der Waals surface area contributed by atoms with E-state index in [1.54, 1.807) is 24.3 Å². The quantitative estimate of drug-likeness (QED) is 0.843. The van der Waals surface area contributed by atoms with Crippen LogP contribution in [0.4, 0.5) is 0 Å². The number of aliphatic carboxylic acids is 1. The molecule has 120 valence electrons. The van der Waals surface area contributed by atoms with Crippen LogP contribution >= 0.6 is 11.6 Å². The Labute approximate surface area is 134 Å². The third-order valence-corrected chi connectivity index (χ3v) is 4.13. The molecule has 1 aliphatic heterocycles. The molecule has 22 heavy (non-hydrogen) atoms. The second kappa shape index (κ2) is 8.15. The van der Waals surface area contributed by atoms with Gasteiger partial charge in [0, 0.05) is 24.7 Å². The molecule has 1 amide bonds. The first-order valence-electron chi connectivity index (χ1n) is 7.41. The Morgan fingerprint density at radius 1 is 1.27 bits per heavy atom. The van der Waals surface area contributed by atoms with Gasteiger partial charge in [-0.3, -0.25) is 4.79 Å². The summed E-state index contributed by atoms with van der Waals surface area (Å²) < 4.78 is 5.28. The molecule has 1 aromatic carbocycles. The summed E-state index contributed by atoms with van der Waals surface area (Å²) >= 11 is 5.79. The summed E-state index contributed by atoms with van der Waals surface area (Å²) in [6.07, 6.45) is 3.03. The fraction of sp³-hybridized carbons (Fsp3) is 0.500. The highest BCUT2D eigenvalue weighted by Gasteiger charge is 2.23. The standard InChI is InChI=1S/C16H20ClNO4/c17-13-4-2-12(3-5-13)15(16(20)21)18-14(19)6-1-11-7-9-22-10-8-11/h2-5,11,15H,1,6-10H2,(H,18,19)(H,20,21). The molecular weight excluding hydrogens is 306 g/mol. The Balaban J connectivity index is 1.88. The van der Waals surface area contributed by atoms with E-state index < -0.39 is 12.0 Å². The van der Waals surface area contributed by atoms with Crippen LogP contribution in [0.1, 0.15) is 37.3 Å². The van der Waals surface area contributed by atoms with Crippen molar-refractivity contribution in [3.63, 3.8) is 0 Å². The highest BCUT2D eigenvalue weighted by atomic mass is 35.5. The molecule has 1 aromatic rings. The van der Waals surface area contributed by atoms with E-state index in [2.05, 4.69) is 5.32 Å². The van der Waals surface area contributed by atoms with Gasteiger partial charge >= 0.3 is 5.97 Å².